The van der Waals surface area contributed by atoms with E-state index in [0.717, 1.165) is 65.9 Å². The summed E-state index contributed by atoms with van der Waals surface area (Å²) in [6.45, 7) is 14.8. The maximum Gasteiger partial charge on any atom is 0.407 e. The Kier molecular flexibility index (Phi) is 10.7. The van der Waals surface area contributed by atoms with Crippen LogP contribution in [0.4, 0.5) is 4.79 Å². The first-order chi connectivity index (χ1) is 21.6. The van der Waals surface area contributed by atoms with E-state index in [9.17, 15) is 4.79 Å². The summed E-state index contributed by atoms with van der Waals surface area (Å²) in [6, 6.07) is 17.9. The predicted molar refractivity (Wildman–Crippen MR) is 180 cm³/mol. The topological polar surface area (TPSA) is 88.8 Å². The summed E-state index contributed by atoms with van der Waals surface area (Å²) >= 11 is 0. The smallest absolute Gasteiger partial charge is 0.407 e. The number of aromatic nitrogens is 3. The van der Waals surface area contributed by atoms with Gasteiger partial charge in [0.15, 0.2) is 14.5 Å². The molecular weight excluding hydrogens is 584 g/mol. The van der Waals surface area contributed by atoms with Crippen molar-refractivity contribution in [2.45, 2.75) is 84.0 Å². The van der Waals surface area contributed by atoms with Gasteiger partial charge in [0, 0.05) is 43.0 Å². The number of ether oxygens (including phenoxy) is 3. The van der Waals surface area contributed by atoms with Gasteiger partial charge in [-0.05, 0) is 73.6 Å². The Morgan fingerprint density at radius 2 is 1.91 bits per heavy atom. The number of fused-ring (bicyclic) bond motifs is 1. The van der Waals surface area contributed by atoms with Gasteiger partial charge >= 0.3 is 6.09 Å². The first kappa shape index (κ1) is 32.8. The van der Waals surface area contributed by atoms with E-state index in [-0.39, 0.29) is 17.9 Å². The van der Waals surface area contributed by atoms with Gasteiger partial charge in [-0.2, -0.15) is 5.10 Å². The molecule has 0 bridgehead atoms. The van der Waals surface area contributed by atoms with Crippen molar-refractivity contribution in [2.75, 3.05) is 26.4 Å². The van der Waals surface area contributed by atoms with Crippen LogP contribution in [0.2, 0.25) is 18.1 Å². The Morgan fingerprint density at radius 3 is 2.67 bits per heavy atom. The molecule has 2 aromatic carbocycles. The fourth-order valence-corrected chi connectivity index (χ4v) is 6.16. The standard InChI is InChI=1S/C35H48N4O5Si/c1-35(2,3)45(4,5)44-23-20-38-19-17-28(25-38)33-30-24-29(15-16-31(30)39(37-33)32-14-9-10-21-42-32)41-22-11-18-36-34(40)43-26-27-12-7-6-8-13-27/h6-8,12-13,15-17,19,24-25,32H,9-11,14,18,20-23,26H2,1-5H3,(H,36,40). The van der Waals surface area contributed by atoms with Crippen LogP contribution in [0.15, 0.2) is 67.0 Å². The zero-order chi connectivity index (χ0) is 31.9. The van der Waals surface area contributed by atoms with E-state index in [1.165, 1.54) is 0 Å². The third kappa shape index (κ3) is 8.56. The van der Waals surface area contributed by atoms with Gasteiger partial charge in [0.05, 0.1) is 18.7 Å². The largest absolute Gasteiger partial charge is 0.494 e. The molecule has 1 N–H and O–H groups in total. The third-order valence-electron chi connectivity index (χ3n) is 8.82. The Balaban J connectivity index is 1.22. The number of nitrogens with one attached hydrogen (secondary N) is 1. The highest BCUT2D eigenvalue weighted by Gasteiger charge is 2.36. The van der Waals surface area contributed by atoms with E-state index in [4.69, 9.17) is 23.7 Å². The van der Waals surface area contributed by atoms with Crippen LogP contribution in [0.25, 0.3) is 22.2 Å². The third-order valence-corrected chi connectivity index (χ3v) is 13.4. The quantitative estimate of drug-likeness (QED) is 0.119. The second-order valence-corrected chi connectivity index (χ2v) is 18.0. The molecule has 1 fully saturated rings. The fraction of sp³-hybridized carbons (Fsp3) is 0.486. The molecule has 1 aliphatic heterocycles. The summed E-state index contributed by atoms with van der Waals surface area (Å²) in [6.07, 6.45) is 7.56. The highest BCUT2D eigenvalue weighted by Crippen LogP contribution is 2.37. The highest BCUT2D eigenvalue weighted by atomic mass is 28.4. The van der Waals surface area contributed by atoms with Gasteiger partial charge in [0.25, 0.3) is 0 Å². The second kappa shape index (κ2) is 14.7. The average Bonchev–Trinajstić information content (AvgIpc) is 3.65. The Hall–Kier alpha value is -3.60. The van der Waals surface area contributed by atoms with Crippen LogP contribution >= 0.6 is 0 Å². The molecule has 1 amide bonds. The zero-order valence-electron chi connectivity index (χ0n) is 27.4. The molecule has 242 valence electrons. The molecule has 0 saturated carbocycles. The van der Waals surface area contributed by atoms with Crippen molar-refractivity contribution < 1.29 is 23.4 Å². The van der Waals surface area contributed by atoms with Crippen molar-refractivity contribution in [3.8, 4) is 17.0 Å². The lowest BCUT2D eigenvalue weighted by Gasteiger charge is -2.36. The molecule has 2 aromatic heterocycles. The molecule has 0 radical (unpaired) electrons. The Bertz CT molecular complexity index is 1540. The number of hydrogen-bond donors (Lipinski definition) is 1. The number of hydrogen-bond acceptors (Lipinski definition) is 6. The van der Waals surface area contributed by atoms with E-state index in [0.29, 0.717) is 26.2 Å². The number of rotatable bonds is 13. The van der Waals surface area contributed by atoms with E-state index in [1.807, 2.05) is 41.1 Å². The van der Waals surface area contributed by atoms with Gasteiger partial charge in [-0.25, -0.2) is 9.48 Å². The minimum absolute atomic E-state index is 0.0745. The number of amides is 1. The fourth-order valence-electron chi connectivity index (χ4n) is 5.13. The maximum atomic E-state index is 12.0. The predicted octanol–water partition coefficient (Wildman–Crippen LogP) is 7.92. The monoisotopic (exact) mass is 632 g/mol. The second-order valence-electron chi connectivity index (χ2n) is 13.2. The lowest BCUT2D eigenvalue weighted by Crippen LogP contribution is -2.41. The van der Waals surface area contributed by atoms with E-state index < -0.39 is 14.4 Å². The van der Waals surface area contributed by atoms with Crippen LogP contribution in [0.1, 0.15) is 58.2 Å². The van der Waals surface area contributed by atoms with Gasteiger partial charge in [-0.1, -0.05) is 51.1 Å². The molecule has 1 atom stereocenters. The van der Waals surface area contributed by atoms with Crippen molar-refractivity contribution in [1.82, 2.24) is 19.7 Å². The van der Waals surface area contributed by atoms with Crippen molar-refractivity contribution in [3.63, 3.8) is 0 Å². The van der Waals surface area contributed by atoms with Gasteiger partial charge in [-0.3, -0.25) is 0 Å². The number of alkyl carbamates (subject to hydrolysis) is 1. The van der Waals surface area contributed by atoms with Crippen LogP contribution in [0.5, 0.6) is 5.75 Å². The summed E-state index contributed by atoms with van der Waals surface area (Å²) < 4.78 is 28.2. The van der Waals surface area contributed by atoms with Gasteiger partial charge in [-0.15, -0.1) is 0 Å². The van der Waals surface area contributed by atoms with Crippen LogP contribution < -0.4 is 10.1 Å². The summed E-state index contributed by atoms with van der Waals surface area (Å²) in [7, 11) is -1.80. The first-order valence-electron chi connectivity index (χ1n) is 16.1. The lowest BCUT2D eigenvalue weighted by atomic mass is 10.1. The van der Waals surface area contributed by atoms with E-state index >= 15 is 0 Å². The van der Waals surface area contributed by atoms with Crippen molar-refractivity contribution in [1.29, 1.82) is 0 Å². The summed E-state index contributed by atoms with van der Waals surface area (Å²) in [5, 5.41) is 9.10. The van der Waals surface area contributed by atoms with Crippen LogP contribution in [0.3, 0.4) is 0 Å². The van der Waals surface area contributed by atoms with Crippen LogP contribution in [-0.4, -0.2) is 55.1 Å². The van der Waals surface area contributed by atoms with E-state index in [2.05, 4.69) is 74.3 Å². The molecule has 0 aliphatic carbocycles. The molecule has 4 aromatic rings. The zero-order valence-corrected chi connectivity index (χ0v) is 28.4. The molecule has 9 nitrogen and oxygen atoms in total. The molecule has 45 heavy (non-hydrogen) atoms. The van der Waals surface area contributed by atoms with Crippen molar-refractivity contribution >= 4 is 25.3 Å². The SMILES string of the molecule is CC(C)(C)[Si](C)(C)OCCn1ccc(-c2nn(C3CCCCO3)c3ccc(OCCCNC(=O)OCc4ccccc4)cc23)c1. The van der Waals surface area contributed by atoms with E-state index in [1.54, 1.807) is 0 Å². The van der Waals surface area contributed by atoms with Gasteiger partial charge in [0.2, 0.25) is 0 Å². The number of nitrogens with zero attached hydrogens (tertiary/aromatic N) is 3. The minimum atomic E-state index is -1.80. The molecule has 5 rings (SSSR count). The van der Waals surface area contributed by atoms with Crippen LogP contribution in [0, 0.1) is 0 Å². The molecule has 1 aliphatic rings. The molecular formula is C35H48N4O5Si. The Morgan fingerprint density at radius 1 is 1.09 bits per heavy atom. The number of carbonyl (C=O) groups is 1. The van der Waals surface area contributed by atoms with Gasteiger partial charge in [0.1, 0.15) is 18.1 Å². The average molecular weight is 633 g/mol. The Labute approximate surface area is 267 Å². The molecule has 0 spiro atoms. The lowest BCUT2D eigenvalue weighted by molar-refractivity contribution is -0.0365. The van der Waals surface area contributed by atoms with Crippen LogP contribution in [-0.2, 0) is 27.1 Å². The molecule has 10 heteroatoms. The number of benzene rings is 2. The minimum Gasteiger partial charge on any atom is -0.494 e. The molecule has 1 unspecified atom stereocenters. The highest BCUT2D eigenvalue weighted by molar-refractivity contribution is 6.74. The summed E-state index contributed by atoms with van der Waals surface area (Å²) in [4.78, 5) is 12.0. The summed E-state index contributed by atoms with van der Waals surface area (Å²) in [5.74, 6) is 0.765. The molecule has 3 heterocycles. The van der Waals surface area contributed by atoms with Crippen molar-refractivity contribution in [2.24, 2.45) is 0 Å². The number of carbonyl (C=O) groups excluding carboxylic acids is 1. The van der Waals surface area contributed by atoms with Gasteiger partial charge < -0.3 is 28.5 Å². The normalized spacial score (nSPS) is 15.7. The first-order valence-corrected chi connectivity index (χ1v) is 19.0. The summed E-state index contributed by atoms with van der Waals surface area (Å²) in [5.41, 5.74) is 3.95. The maximum absolute atomic E-state index is 12.0. The molecule has 1 saturated heterocycles. The van der Waals surface area contributed by atoms with Crippen molar-refractivity contribution in [3.05, 3.63) is 72.6 Å².